The van der Waals surface area contributed by atoms with Gasteiger partial charge in [0.1, 0.15) is 6.61 Å². The lowest BCUT2D eigenvalue weighted by molar-refractivity contribution is 0.215. The molecule has 1 aromatic rings. The van der Waals surface area contributed by atoms with Crippen molar-refractivity contribution in [2.24, 2.45) is 5.41 Å². The lowest BCUT2D eigenvalue weighted by atomic mass is 9.98. The van der Waals surface area contributed by atoms with E-state index in [1.807, 2.05) is 19.9 Å². The fourth-order valence-corrected chi connectivity index (χ4v) is 1.26. The predicted octanol–water partition coefficient (Wildman–Crippen LogP) is 2.63. The summed E-state index contributed by atoms with van der Waals surface area (Å²) >= 11 is 0. The second-order valence-electron chi connectivity index (χ2n) is 4.28. The van der Waals surface area contributed by atoms with Crippen molar-refractivity contribution in [2.75, 3.05) is 20.8 Å². The molecule has 92 valence electrons. The number of ether oxygens (including phenoxy) is 3. The second-order valence-corrected chi connectivity index (χ2v) is 4.28. The summed E-state index contributed by atoms with van der Waals surface area (Å²) in [4.78, 5) is 0. The van der Waals surface area contributed by atoms with Gasteiger partial charge in [-0.15, -0.1) is 0 Å². The van der Waals surface area contributed by atoms with E-state index in [1.54, 1.807) is 26.4 Å². The first-order chi connectivity index (χ1) is 8.04. The Labute approximate surface area is 102 Å². The van der Waals surface area contributed by atoms with Crippen molar-refractivity contribution >= 4 is 0 Å². The molecule has 0 amide bonds. The molecule has 0 spiro atoms. The van der Waals surface area contributed by atoms with Crippen LogP contribution in [0.2, 0.25) is 0 Å². The molecular formula is C13H17NO3. The molecule has 0 N–H and O–H groups in total. The number of nitriles is 1. The normalized spacial score (nSPS) is 10.5. The highest BCUT2D eigenvalue weighted by Crippen LogP contribution is 2.37. The number of methoxy groups -OCH3 is 2. The van der Waals surface area contributed by atoms with Gasteiger partial charge in [-0.05, 0) is 26.0 Å². The van der Waals surface area contributed by atoms with Crippen LogP contribution in [0.5, 0.6) is 17.2 Å². The highest BCUT2D eigenvalue weighted by atomic mass is 16.5. The Morgan fingerprint density at radius 3 is 2.35 bits per heavy atom. The standard InChI is InChI=1S/C13H17NO3/c1-13(2,8-14)9-17-11-7-5-6-10(15-3)12(11)16-4/h5-7H,9H2,1-4H3. The van der Waals surface area contributed by atoms with E-state index in [9.17, 15) is 0 Å². The molecule has 1 rings (SSSR count). The minimum atomic E-state index is -0.534. The molecule has 0 saturated heterocycles. The summed E-state index contributed by atoms with van der Waals surface area (Å²) < 4.78 is 16.0. The lowest BCUT2D eigenvalue weighted by Gasteiger charge is -2.18. The van der Waals surface area contributed by atoms with Crippen molar-refractivity contribution < 1.29 is 14.2 Å². The van der Waals surface area contributed by atoms with Crippen LogP contribution in [-0.4, -0.2) is 20.8 Å². The minimum absolute atomic E-state index is 0.299. The minimum Gasteiger partial charge on any atom is -0.493 e. The van der Waals surface area contributed by atoms with Gasteiger partial charge in [0.05, 0.1) is 25.7 Å². The summed E-state index contributed by atoms with van der Waals surface area (Å²) in [5, 5.41) is 8.91. The summed E-state index contributed by atoms with van der Waals surface area (Å²) in [6.45, 7) is 3.94. The van der Waals surface area contributed by atoms with E-state index in [4.69, 9.17) is 19.5 Å². The van der Waals surface area contributed by atoms with Crippen molar-refractivity contribution in [3.63, 3.8) is 0 Å². The fourth-order valence-electron chi connectivity index (χ4n) is 1.26. The van der Waals surface area contributed by atoms with Gasteiger partial charge in [0.25, 0.3) is 0 Å². The topological polar surface area (TPSA) is 51.5 Å². The number of nitrogens with zero attached hydrogens (tertiary/aromatic N) is 1. The Morgan fingerprint density at radius 2 is 1.82 bits per heavy atom. The van der Waals surface area contributed by atoms with Gasteiger partial charge >= 0.3 is 0 Å². The van der Waals surface area contributed by atoms with Gasteiger partial charge in [0.15, 0.2) is 11.5 Å². The smallest absolute Gasteiger partial charge is 0.203 e. The maximum absolute atomic E-state index is 8.91. The molecule has 0 aromatic heterocycles. The van der Waals surface area contributed by atoms with E-state index in [0.29, 0.717) is 23.9 Å². The van der Waals surface area contributed by atoms with Gasteiger partial charge in [-0.3, -0.25) is 0 Å². The van der Waals surface area contributed by atoms with Gasteiger partial charge in [0, 0.05) is 0 Å². The maximum Gasteiger partial charge on any atom is 0.203 e. The Balaban J connectivity index is 2.88. The highest BCUT2D eigenvalue weighted by molar-refractivity contribution is 5.51. The lowest BCUT2D eigenvalue weighted by Crippen LogP contribution is -2.19. The van der Waals surface area contributed by atoms with E-state index in [0.717, 1.165) is 0 Å². The third-order valence-electron chi connectivity index (χ3n) is 2.26. The van der Waals surface area contributed by atoms with Gasteiger partial charge in [-0.25, -0.2) is 0 Å². The Morgan fingerprint density at radius 1 is 1.18 bits per heavy atom. The van der Waals surface area contributed by atoms with E-state index >= 15 is 0 Å². The van der Waals surface area contributed by atoms with Crippen molar-refractivity contribution in [3.05, 3.63) is 18.2 Å². The monoisotopic (exact) mass is 235 g/mol. The van der Waals surface area contributed by atoms with E-state index in [-0.39, 0.29) is 0 Å². The molecule has 17 heavy (non-hydrogen) atoms. The number of benzene rings is 1. The van der Waals surface area contributed by atoms with E-state index in [2.05, 4.69) is 6.07 Å². The maximum atomic E-state index is 8.91. The van der Waals surface area contributed by atoms with Crippen LogP contribution in [0.4, 0.5) is 0 Å². The molecule has 0 aliphatic heterocycles. The van der Waals surface area contributed by atoms with Gasteiger partial charge in [-0.1, -0.05) is 6.07 Å². The molecule has 4 heteroatoms. The van der Waals surface area contributed by atoms with E-state index < -0.39 is 5.41 Å². The third kappa shape index (κ3) is 3.28. The van der Waals surface area contributed by atoms with Crippen LogP contribution in [0, 0.1) is 16.7 Å². The van der Waals surface area contributed by atoms with Crippen LogP contribution in [0.15, 0.2) is 18.2 Å². The summed E-state index contributed by atoms with van der Waals surface area (Å²) in [6.07, 6.45) is 0. The molecule has 4 nitrogen and oxygen atoms in total. The van der Waals surface area contributed by atoms with Crippen LogP contribution in [0.1, 0.15) is 13.8 Å². The zero-order valence-electron chi connectivity index (χ0n) is 10.6. The Bertz CT molecular complexity index is 421. The van der Waals surface area contributed by atoms with Crippen LogP contribution >= 0.6 is 0 Å². The number of hydrogen-bond donors (Lipinski definition) is 0. The SMILES string of the molecule is COc1cccc(OCC(C)(C)C#N)c1OC. The van der Waals surface area contributed by atoms with Gasteiger partial charge < -0.3 is 14.2 Å². The molecule has 0 bridgehead atoms. The summed E-state index contributed by atoms with van der Waals surface area (Å²) in [7, 11) is 3.13. The quantitative estimate of drug-likeness (QED) is 0.787. The largest absolute Gasteiger partial charge is 0.493 e. The highest BCUT2D eigenvalue weighted by Gasteiger charge is 2.19. The molecular weight excluding hydrogens is 218 g/mol. The second kappa shape index (κ2) is 5.44. The number of hydrogen-bond acceptors (Lipinski definition) is 4. The third-order valence-corrected chi connectivity index (χ3v) is 2.26. The molecule has 0 heterocycles. The average Bonchev–Trinajstić information content (AvgIpc) is 2.35. The first-order valence-electron chi connectivity index (χ1n) is 5.29. The molecule has 0 atom stereocenters. The molecule has 0 aliphatic carbocycles. The molecule has 0 unspecified atom stereocenters. The predicted molar refractivity (Wildman–Crippen MR) is 64.4 cm³/mol. The fraction of sp³-hybridized carbons (Fsp3) is 0.462. The zero-order valence-corrected chi connectivity index (χ0v) is 10.6. The van der Waals surface area contributed by atoms with Gasteiger partial charge in [0.2, 0.25) is 5.75 Å². The zero-order chi connectivity index (χ0) is 12.9. The Hall–Kier alpha value is -1.89. The summed E-state index contributed by atoms with van der Waals surface area (Å²) in [5.74, 6) is 1.73. The molecule has 0 fully saturated rings. The summed E-state index contributed by atoms with van der Waals surface area (Å²) in [6, 6.07) is 7.58. The first-order valence-corrected chi connectivity index (χ1v) is 5.29. The van der Waals surface area contributed by atoms with Gasteiger partial charge in [-0.2, -0.15) is 5.26 Å². The van der Waals surface area contributed by atoms with Crippen LogP contribution in [0.25, 0.3) is 0 Å². The molecule has 0 saturated carbocycles. The number of para-hydroxylation sites is 1. The molecule has 0 radical (unpaired) electrons. The van der Waals surface area contributed by atoms with Crippen molar-refractivity contribution in [2.45, 2.75) is 13.8 Å². The summed E-state index contributed by atoms with van der Waals surface area (Å²) in [5.41, 5.74) is -0.534. The Kier molecular flexibility index (Phi) is 4.22. The molecule has 1 aromatic carbocycles. The molecule has 0 aliphatic rings. The van der Waals surface area contributed by atoms with Crippen molar-refractivity contribution in [1.29, 1.82) is 5.26 Å². The van der Waals surface area contributed by atoms with E-state index in [1.165, 1.54) is 0 Å². The van der Waals surface area contributed by atoms with Crippen LogP contribution in [-0.2, 0) is 0 Å². The van der Waals surface area contributed by atoms with Crippen molar-refractivity contribution in [3.8, 4) is 23.3 Å². The van der Waals surface area contributed by atoms with Crippen molar-refractivity contribution in [1.82, 2.24) is 0 Å². The van der Waals surface area contributed by atoms with Crippen LogP contribution in [0.3, 0.4) is 0 Å². The first kappa shape index (κ1) is 13.2. The average molecular weight is 235 g/mol. The van der Waals surface area contributed by atoms with Crippen LogP contribution < -0.4 is 14.2 Å². The number of rotatable bonds is 5.